The van der Waals surface area contributed by atoms with E-state index in [1.807, 2.05) is 0 Å². The molecular formula is C16H15BrN2O5S. The van der Waals surface area contributed by atoms with Gasteiger partial charge in [-0.1, -0.05) is 12.1 Å². The Bertz CT molecular complexity index is 916. The fourth-order valence-corrected chi connectivity index (χ4v) is 3.82. The van der Waals surface area contributed by atoms with Gasteiger partial charge in [0.15, 0.2) is 11.5 Å². The molecule has 0 unspecified atom stereocenters. The van der Waals surface area contributed by atoms with Crippen LogP contribution in [0, 0.1) is 0 Å². The van der Waals surface area contributed by atoms with Gasteiger partial charge in [-0.05, 0) is 40.2 Å². The molecule has 0 bridgehead atoms. The first kappa shape index (κ1) is 17.6. The lowest BCUT2D eigenvalue weighted by atomic mass is 10.2. The summed E-state index contributed by atoms with van der Waals surface area (Å²) in [4.78, 5) is 12.3. The van der Waals surface area contributed by atoms with Crippen LogP contribution in [0.25, 0.3) is 0 Å². The smallest absolute Gasteiger partial charge is 0.245 e. The first-order valence-electron chi connectivity index (χ1n) is 7.26. The lowest BCUT2D eigenvalue weighted by Crippen LogP contribution is -2.37. The summed E-state index contributed by atoms with van der Waals surface area (Å²) < 4.78 is 36.3. The van der Waals surface area contributed by atoms with Crippen LogP contribution in [0.15, 0.2) is 46.9 Å². The molecule has 9 heteroatoms. The number of fused-ring (bicyclic) bond motifs is 1. The molecule has 0 aliphatic carbocycles. The van der Waals surface area contributed by atoms with Crippen molar-refractivity contribution in [2.45, 2.75) is 0 Å². The third-order valence-electron chi connectivity index (χ3n) is 3.47. The molecule has 2 aromatic carbocycles. The molecule has 1 amide bonds. The molecule has 0 saturated carbocycles. The minimum Gasteiger partial charge on any atom is -0.454 e. The van der Waals surface area contributed by atoms with Crippen molar-refractivity contribution in [3.8, 4) is 11.5 Å². The number of carbonyl (C=O) groups is 1. The molecule has 1 aliphatic heterocycles. The van der Waals surface area contributed by atoms with Crippen LogP contribution in [0.1, 0.15) is 0 Å². The SMILES string of the molecule is CS(=O)(=O)N(CC(=O)Nc1ccc2c(c1)OCO2)c1ccccc1Br. The summed E-state index contributed by atoms with van der Waals surface area (Å²) in [5.41, 5.74) is 0.890. The normalized spacial score (nSPS) is 12.7. The van der Waals surface area contributed by atoms with Gasteiger partial charge in [-0.25, -0.2) is 8.42 Å². The Morgan fingerprint density at radius 2 is 1.92 bits per heavy atom. The number of anilines is 2. The molecule has 3 rings (SSSR count). The maximum absolute atomic E-state index is 12.3. The van der Waals surface area contributed by atoms with Crippen LogP contribution in [0.3, 0.4) is 0 Å². The average molecular weight is 427 g/mol. The molecule has 25 heavy (non-hydrogen) atoms. The number of benzene rings is 2. The van der Waals surface area contributed by atoms with Crippen LogP contribution in [0.4, 0.5) is 11.4 Å². The van der Waals surface area contributed by atoms with Gasteiger partial charge in [0, 0.05) is 16.2 Å². The number of rotatable bonds is 5. The number of ether oxygens (including phenoxy) is 2. The van der Waals surface area contributed by atoms with Crippen molar-refractivity contribution in [1.82, 2.24) is 0 Å². The Morgan fingerprint density at radius 3 is 2.64 bits per heavy atom. The van der Waals surface area contributed by atoms with E-state index in [0.717, 1.165) is 10.6 Å². The molecule has 0 saturated heterocycles. The summed E-state index contributed by atoms with van der Waals surface area (Å²) >= 11 is 3.31. The highest BCUT2D eigenvalue weighted by Crippen LogP contribution is 2.34. The number of nitrogens with zero attached hydrogens (tertiary/aromatic N) is 1. The summed E-state index contributed by atoms with van der Waals surface area (Å²) in [6.07, 6.45) is 1.06. The van der Waals surface area contributed by atoms with E-state index < -0.39 is 15.9 Å². The zero-order chi connectivity index (χ0) is 18.0. The molecule has 132 valence electrons. The zero-order valence-corrected chi connectivity index (χ0v) is 15.6. The molecule has 2 aromatic rings. The lowest BCUT2D eigenvalue weighted by molar-refractivity contribution is -0.114. The number of hydrogen-bond acceptors (Lipinski definition) is 5. The van der Waals surface area contributed by atoms with Gasteiger partial charge < -0.3 is 14.8 Å². The highest BCUT2D eigenvalue weighted by atomic mass is 79.9. The summed E-state index contributed by atoms with van der Waals surface area (Å²) in [6, 6.07) is 11.8. The number of nitrogens with one attached hydrogen (secondary N) is 1. The summed E-state index contributed by atoms with van der Waals surface area (Å²) in [5.74, 6) is 0.660. The molecule has 1 heterocycles. The standard InChI is InChI=1S/C16H15BrN2O5S/c1-25(21,22)19(13-5-3-2-4-12(13)17)9-16(20)18-11-6-7-14-15(8-11)24-10-23-14/h2-8H,9-10H2,1H3,(H,18,20). The van der Waals surface area contributed by atoms with E-state index in [2.05, 4.69) is 21.2 Å². The summed E-state index contributed by atoms with van der Waals surface area (Å²) in [5, 5.41) is 2.67. The Morgan fingerprint density at radius 1 is 1.20 bits per heavy atom. The van der Waals surface area contributed by atoms with Gasteiger partial charge in [0.1, 0.15) is 6.54 Å². The molecule has 0 atom stereocenters. The molecule has 0 radical (unpaired) electrons. The highest BCUT2D eigenvalue weighted by molar-refractivity contribution is 9.10. The zero-order valence-electron chi connectivity index (χ0n) is 13.2. The fraction of sp³-hybridized carbons (Fsp3) is 0.188. The van der Waals surface area contributed by atoms with Gasteiger partial charge >= 0.3 is 0 Å². The molecular weight excluding hydrogens is 412 g/mol. The minimum absolute atomic E-state index is 0.136. The molecule has 7 nitrogen and oxygen atoms in total. The molecule has 0 fully saturated rings. The number of hydrogen-bond donors (Lipinski definition) is 1. The van der Waals surface area contributed by atoms with Gasteiger partial charge in [0.05, 0.1) is 11.9 Å². The van der Waals surface area contributed by atoms with Crippen molar-refractivity contribution >= 4 is 43.2 Å². The van der Waals surface area contributed by atoms with E-state index in [1.165, 1.54) is 0 Å². The topological polar surface area (TPSA) is 84.9 Å². The van der Waals surface area contributed by atoms with Crippen molar-refractivity contribution in [2.24, 2.45) is 0 Å². The van der Waals surface area contributed by atoms with Crippen molar-refractivity contribution in [1.29, 1.82) is 0 Å². The largest absolute Gasteiger partial charge is 0.454 e. The number of sulfonamides is 1. The maximum atomic E-state index is 12.3. The van der Waals surface area contributed by atoms with Gasteiger partial charge in [0.2, 0.25) is 22.7 Å². The van der Waals surface area contributed by atoms with E-state index in [-0.39, 0.29) is 13.3 Å². The van der Waals surface area contributed by atoms with Crippen molar-refractivity contribution < 1.29 is 22.7 Å². The van der Waals surface area contributed by atoms with E-state index >= 15 is 0 Å². The highest BCUT2D eigenvalue weighted by Gasteiger charge is 2.23. The Balaban J connectivity index is 1.78. The molecule has 0 spiro atoms. The number of carbonyl (C=O) groups excluding carboxylic acids is 1. The van der Waals surface area contributed by atoms with Crippen molar-refractivity contribution in [2.75, 3.05) is 29.2 Å². The van der Waals surface area contributed by atoms with Crippen molar-refractivity contribution in [3.05, 3.63) is 46.9 Å². The fourth-order valence-electron chi connectivity index (χ4n) is 2.34. The monoisotopic (exact) mass is 426 g/mol. The van der Waals surface area contributed by atoms with Gasteiger partial charge in [-0.2, -0.15) is 0 Å². The third-order valence-corrected chi connectivity index (χ3v) is 5.26. The predicted octanol–water partition coefficient (Wildman–Crippen LogP) is 2.58. The number of para-hydroxylation sites is 1. The number of amides is 1. The van der Waals surface area contributed by atoms with E-state index in [9.17, 15) is 13.2 Å². The number of halogens is 1. The van der Waals surface area contributed by atoms with Gasteiger partial charge in [0.25, 0.3) is 0 Å². The van der Waals surface area contributed by atoms with Crippen LogP contribution in [0.2, 0.25) is 0 Å². The summed E-state index contributed by atoms with van der Waals surface area (Å²) in [7, 11) is -3.64. The summed E-state index contributed by atoms with van der Waals surface area (Å²) in [6.45, 7) is -0.216. The second kappa shape index (κ2) is 6.93. The first-order valence-corrected chi connectivity index (χ1v) is 9.90. The van der Waals surface area contributed by atoms with E-state index in [1.54, 1.807) is 42.5 Å². The van der Waals surface area contributed by atoms with Crippen LogP contribution < -0.4 is 19.1 Å². The van der Waals surface area contributed by atoms with Crippen molar-refractivity contribution in [3.63, 3.8) is 0 Å². The molecule has 0 aromatic heterocycles. The Labute approximate surface area is 153 Å². The second-order valence-electron chi connectivity index (χ2n) is 5.34. The van der Waals surface area contributed by atoms with Gasteiger partial charge in [-0.3, -0.25) is 9.10 Å². The predicted molar refractivity (Wildman–Crippen MR) is 97.5 cm³/mol. The third kappa shape index (κ3) is 4.05. The maximum Gasteiger partial charge on any atom is 0.245 e. The van der Waals surface area contributed by atoms with Crippen LogP contribution >= 0.6 is 15.9 Å². The van der Waals surface area contributed by atoms with E-state index in [0.29, 0.717) is 27.3 Å². The Hall–Kier alpha value is -2.26. The van der Waals surface area contributed by atoms with E-state index in [4.69, 9.17) is 9.47 Å². The minimum atomic E-state index is -3.64. The van der Waals surface area contributed by atoms with Crippen LogP contribution in [0.5, 0.6) is 11.5 Å². The molecule has 1 N–H and O–H groups in total. The van der Waals surface area contributed by atoms with Crippen LogP contribution in [-0.2, 0) is 14.8 Å². The second-order valence-corrected chi connectivity index (χ2v) is 8.10. The molecule has 1 aliphatic rings. The van der Waals surface area contributed by atoms with Crippen LogP contribution in [-0.4, -0.2) is 33.9 Å². The first-order chi connectivity index (χ1) is 11.8. The average Bonchev–Trinajstić information content (AvgIpc) is 3.00. The van der Waals surface area contributed by atoms with Gasteiger partial charge in [-0.15, -0.1) is 0 Å². The lowest BCUT2D eigenvalue weighted by Gasteiger charge is -2.23. The Kier molecular flexibility index (Phi) is 4.87. The quantitative estimate of drug-likeness (QED) is 0.793.